The second-order valence-corrected chi connectivity index (χ2v) is 8.26. The molecule has 0 aliphatic carbocycles. The second-order valence-electron chi connectivity index (χ2n) is 7.45. The van der Waals surface area contributed by atoms with Crippen molar-refractivity contribution in [3.63, 3.8) is 0 Å². The highest BCUT2D eigenvalue weighted by atomic mass is 35.5. The Balaban J connectivity index is 2.38. The van der Waals surface area contributed by atoms with Gasteiger partial charge in [-0.25, -0.2) is 5.84 Å². The third kappa shape index (κ3) is 11.9. The van der Waals surface area contributed by atoms with Crippen molar-refractivity contribution >= 4 is 47.5 Å². The van der Waals surface area contributed by atoms with E-state index >= 15 is 0 Å². The van der Waals surface area contributed by atoms with Crippen LogP contribution in [0.4, 0.5) is 0 Å². The van der Waals surface area contributed by atoms with Gasteiger partial charge in [0.1, 0.15) is 12.1 Å². The van der Waals surface area contributed by atoms with Gasteiger partial charge in [-0.1, -0.05) is 41.2 Å². The molecule has 8 N–H and O–H groups in total. The minimum Gasteiger partial charge on any atom is -0.490 e. The van der Waals surface area contributed by atoms with Gasteiger partial charge in [0.15, 0.2) is 5.75 Å². The second kappa shape index (κ2) is 17.7. The van der Waals surface area contributed by atoms with Gasteiger partial charge >= 0.3 is 0 Å². The number of hydrazine groups is 1. The highest BCUT2D eigenvalue weighted by Gasteiger charge is 2.14. The van der Waals surface area contributed by atoms with Gasteiger partial charge in [0.25, 0.3) is 5.91 Å². The molecule has 1 rings (SSSR count). The number of hydrazone groups is 1. The Morgan fingerprint density at radius 3 is 2.35 bits per heavy atom. The molecular weight excluding hydrogens is 483 g/mol. The lowest BCUT2D eigenvalue weighted by molar-refractivity contribution is -0.112. The van der Waals surface area contributed by atoms with Crippen LogP contribution in [0.5, 0.6) is 5.75 Å². The number of primary amides is 1. The van der Waals surface area contributed by atoms with Crippen molar-refractivity contribution in [1.82, 2.24) is 10.3 Å². The molecule has 0 saturated heterocycles. The fourth-order valence-corrected chi connectivity index (χ4v) is 3.76. The number of aliphatic imine (C=N–C) groups is 1. The number of ether oxygens (including phenoxy) is 1. The molecule has 0 radical (unpaired) electrons. The number of halogens is 2. The normalized spacial score (nSPS) is 11.9. The molecule has 0 bridgehead atoms. The summed E-state index contributed by atoms with van der Waals surface area (Å²) in [4.78, 5) is 17.4. The minimum atomic E-state index is -0.824. The highest BCUT2D eigenvalue weighted by Crippen LogP contribution is 2.34. The zero-order valence-corrected chi connectivity index (χ0v) is 20.6. The Bertz CT molecular complexity index is 813. The summed E-state index contributed by atoms with van der Waals surface area (Å²) in [5.74, 6) is 9.98. The molecule has 0 atom stereocenters. The third-order valence-corrected chi connectivity index (χ3v) is 5.36. The number of carbonyl (C=O) groups excluding carboxylic acids is 1. The van der Waals surface area contributed by atoms with Crippen LogP contribution in [0.3, 0.4) is 0 Å². The van der Waals surface area contributed by atoms with Crippen molar-refractivity contribution in [2.24, 2.45) is 32.7 Å². The molecule has 0 aromatic heterocycles. The van der Waals surface area contributed by atoms with Crippen LogP contribution in [0.2, 0.25) is 10.0 Å². The van der Waals surface area contributed by atoms with E-state index in [0.717, 1.165) is 58.2 Å². The zero-order valence-electron chi connectivity index (χ0n) is 19.1. The van der Waals surface area contributed by atoms with Gasteiger partial charge in [-0.05, 0) is 43.4 Å². The van der Waals surface area contributed by atoms with E-state index in [9.17, 15) is 4.79 Å². The lowest BCUT2D eigenvalue weighted by Crippen LogP contribution is -2.25. The first-order valence-electron chi connectivity index (χ1n) is 11.0. The molecule has 11 nitrogen and oxygen atoms in total. The van der Waals surface area contributed by atoms with Crippen molar-refractivity contribution < 1.29 is 14.7 Å². The smallest absolute Gasteiger partial charge is 0.266 e. The number of benzene rings is 1. The summed E-state index contributed by atoms with van der Waals surface area (Å²) in [5.41, 5.74) is 7.91. The largest absolute Gasteiger partial charge is 0.490 e. The van der Waals surface area contributed by atoms with Gasteiger partial charge in [0.05, 0.1) is 23.0 Å². The van der Waals surface area contributed by atoms with Crippen molar-refractivity contribution in [3.8, 4) is 5.75 Å². The maximum atomic E-state index is 11.2. The van der Waals surface area contributed by atoms with Gasteiger partial charge in [0.2, 0.25) is 0 Å². The molecule has 0 saturated carbocycles. The molecule has 1 aromatic carbocycles. The van der Waals surface area contributed by atoms with Crippen LogP contribution in [0.15, 0.2) is 27.4 Å². The predicted molar refractivity (Wildman–Crippen MR) is 137 cm³/mol. The predicted octanol–water partition coefficient (Wildman–Crippen LogP) is 2.27. The molecule has 1 amide bonds. The molecule has 0 fully saturated rings. The Hall–Kier alpha value is -2.76. The van der Waals surface area contributed by atoms with Crippen molar-refractivity contribution in [3.05, 3.63) is 27.7 Å². The SMILES string of the molecule is N/N=C/N(CCCCCCN=CNN)CCCCOc1c(Cl)cc(C/C(=N/O)C(N)=O)cc1Cl. The van der Waals surface area contributed by atoms with E-state index in [1.807, 2.05) is 0 Å². The maximum Gasteiger partial charge on any atom is 0.266 e. The fourth-order valence-electron chi connectivity index (χ4n) is 3.12. The molecule has 34 heavy (non-hydrogen) atoms. The summed E-state index contributed by atoms with van der Waals surface area (Å²) in [6.07, 6.45) is 9.06. The number of unbranched alkanes of at least 4 members (excludes halogenated alkanes) is 4. The maximum absolute atomic E-state index is 11.2. The molecule has 0 spiro atoms. The van der Waals surface area contributed by atoms with E-state index in [-0.39, 0.29) is 12.1 Å². The molecule has 13 heteroatoms. The molecule has 1 aromatic rings. The Labute approximate surface area is 209 Å². The number of rotatable bonds is 18. The Morgan fingerprint density at radius 1 is 1.12 bits per heavy atom. The van der Waals surface area contributed by atoms with Gasteiger partial charge < -0.3 is 31.8 Å². The standard InChI is InChI=1S/C21H34Cl2N8O3/c22-17-11-16(13-19(30-33)21(24)32)12-18(23)20(17)34-10-6-5-9-31(15-29-26)8-4-2-1-3-7-27-14-28-25/h11-12,14-15,33H,1-10,13,25-26H2,(H2,24,32)(H,27,28)/b29-15+,30-19-. The van der Waals surface area contributed by atoms with Crippen molar-refractivity contribution in [2.75, 3.05) is 26.2 Å². The van der Waals surface area contributed by atoms with Gasteiger partial charge in [-0.2, -0.15) is 5.10 Å². The molecule has 0 unspecified atom stereocenters. The number of oxime groups is 1. The van der Waals surface area contributed by atoms with E-state index in [4.69, 9.17) is 50.6 Å². The van der Waals surface area contributed by atoms with Crippen LogP contribution in [0, 0.1) is 0 Å². The van der Waals surface area contributed by atoms with Crippen LogP contribution >= 0.6 is 23.2 Å². The quantitative estimate of drug-likeness (QED) is 0.0495. The van der Waals surface area contributed by atoms with E-state index in [1.54, 1.807) is 18.5 Å². The first kappa shape index (κ1) is 29.3. The molecule has 0 heterocycles. The minimum absolute atomic E-state index is 0.00376. The van der Waals surface area contributed by atoms with Crippen LogP contribution in [0.25, 0.3) is 0 Å². The molecule has 190 valence electrons. The average molecular weight is 517 g/mol. The Morgan fingerprint density at radius 2 is 1.76 bits per heavy atom. The Kier molecular flexibility index (Phi) is 15.2. The van der Waals surface area contributed by atoms with Crippen LogP contribution in [0.1, 0.15) is 44.1 Å². The number of nitrogens with zero attached hydrogens (tertiary/aromatic N) is 4. The molecular formula is C21H34Cl2N8O3. The van der Waals surface area contributed by atoms with Crippen molar-refractivity contribution in [2.45, 2.75) is 44.9 Å². The topological polar surface area (TPSA) is 177 Å². The summed E-state index contributed by atoms with van der Waals surface area (Å²) in [7, 11) is 0. The summed E-state index contributed by atoms with van der Waals surface area (Å²) in [6, 6.07) is 3.19. The first-order chi connectivity index (χ1) is 16.4. The van der Waals surface area contributed by atoms with Gasteiger partial charge in [-0.3, -0.25) is 9.79 Å². The summed E-state index contributed by atoms with van der Waals surface area (Å²) in [5, 5.41) is 16.0. The van der Waals surface area contributed by atoms with Crippen LogP contribution < -0.4 is 27.6 Å². The summed E-state index contributed by atoms with van der Waals surface area (Å²) in [6.45, 7) is 2.86. The third-order valence-electron chi connectivity index (χ3n) is 4.80. The number of carbonyl (C=O) groups is 1. The lowest BCUT2D eigenvalue weighted by Gasteiger charge is -2.19. The summed E-state index contributed by atoms with van der Waals surface area (Å²) >= 11 is 12.6. The number of hydrogen-bond donors (Lipinski definition) is 5. The highest BCUT2D eigenvalue weighted by molar-refractivity contribution is 6.39. The average Bonchev–Trinajstić information content (AvgIpc) is 2.80. The number of amides is 1. The van der Waals surface area contributed by atoms with E-state index in [2.05, 4.69) is 25.6 Å². The molecule has 0 aliphatic rings. The van der Waals surface area contributed by atoms with Crippen LogP contribution in [-0.4, -0.2) is 60.6 Å². The monoisotopic (exact) mass is 516 g/mol. The fraction of sp³-hybridized carbons (Fsp3) is 0.524. The van der Waals surface area contributed by atoms with E-state index in [0.29, 0.717) is 28.0 Å². The number of hydrogen-bond acceptors (Lipinski definition) is 8. The zero-order chi connectivity index (χ0) is 25.2. The molecule has 0 aliphatic heterocycles. The number of nitrogens with two attached hydrogens (primary N) is 3. The lowest BCUT2D eigenvalue weighted by atomic mass is 10.1. The first-order valence-corrected chi connectivity index (χ1v) is 11.7. The number of nitrogens with one attached hydrogen (secondary N) is 1. The van der Waals surface area contributed by atoms with Gasteiger partial charge in [-0.15, -0.1) is 0 Å². The van der Waals surface area contributed by atoms with Gasteiger partial charge in [0, 0.05) is 26.1 Å². The van der Waals surface area contributed by atoms with Crippen LogP contribution in [-0.2, 0) is 11.2 Å². The van der Waals surface area contributed by atoms with E-state index in [1.165, 1.54) is 6.34 Å². The summed E-state index contributed by atoms with van der Waals surface area (Å²) < 4.78 is 5.76. The van der Waals surface area contributed by atoms with E-state index < -0.39 is 5.91 Å². The van der Waals surface area contributed by atoms with Crippen molar-refractivity contribution in [1.29, 1.82) is 0 Å².